The monoisotopic (exact) mass is 456 g/mol. The number of para-hydroxylation sites is 1. The Balaban J connectivity index is 1.34. The van der Waals surface area contributed by atoms with E-state index in [1.807, 2.05) is 35.2 Å². The van der Waals surface area contributed by atoms with Gasteiger partial charge in [0.25, 0.3) is 5.91 Å². The number of likely N-dealkylation sites (tertiary alicyclic amines) is 1. The molecule has 0 saturated carbocycles. The van der Waals surface area contributed by atoms with E-state index >= 15 is 0 Å². The summed E-state index contributed by atoms with van der Waals surface area (Å²) >= 11 is 0. The van der Waals surface area contributed by atoms with Crippen LogP contribution in [-0.2, 0) is 4.79 Å². The van der Waals surface area contributed by atoms with E-state index in [4.69, 9.17) is 15.2 Å². The molecule has 2 aliphatic heterocycles. The third-order valence-electron chi connectivity index (χ3n) is 6.12. The summed E-state index contributed by atoms with van der Waals surface area (Å²) in [5.74, 6) is 2.04. The molecule has 3 aromatic rings. The number of hydrogen-bond donors (Lipinski definition) is 1. The van der Waals surface area contributed by atoms with Crippen LogP contribution in [0.4, 0.5) is 5.82 Å². The number of anilines is 1. The van der Waals surface area contributed by atoms with Crippen molar-refractivity contribution in [3.05, 3.63) is 84.9 Å². The topological polar surface area (TPSA) is 98.0 Å². The molecular formula is C26H24N4O4. The van der Waals surface area contributed by atoms with Crippen LogP contribution in [0.2, 0.25) is 0 Å². The molecule has 5 rings (SSSR count). The lowest BCUT2D eigenvalue weighted by Crippen LogP contribution is -2.48. The van der Waals surface area contributed by atoms with Gasteiger partial charge in [-0.1, -0.05) is 24.8 Å². The van der Waals surface area contributed by atoms with Crippen molar-refractivity contribution in [2.24, 2.45) is 5.73 Å². The van der Waals surface area contributed by atoms with Crippen molar-refractivity contribution in [2.75, 3.05) is 18.0 Å². The van der Waals surface area contributed by atoms with Gasteiger partial charge in [-0.2, -0.15) is 4.98 Å². The van der Waals surface area contributed by atoms with Crippen LogP contribution in [0.1, 0.15) is 16.8 Å². The number of nitrogens with two attached hydrogens (primary N) is 1. The molecule has 0 unspecified atom stereocenters. The number of nitrogens with zero attached hydrogens (tertiary/aromatic N) is 3. The Morgan fingerprint density at radius 3 is 2.21 bits per heavy atom. The first-order valence-electron chi connectivity index (χ1n) is 11.0. The average molecular weight is 457 g/mol. The normalized spacial score (nSPS) is 18.6. The third kappa shape index (κ3) is 4.17. The van der Waals surface area contributed by atoms with E-state index in [1.54, 1.807) is 36.4 Å². The van der Waals surface area contributed by atoms with Crippen LogP contribution in [0, 0.1) is 0 Å². The fraction of sp³-hybridized carbons (Fsp3) is 0.192. The Kier molecular flexibility index (Phi) is 5.63. The van der Waals surface area contributed by atoms with Crippen molar-refractivity contribution in [2.45, 2.75) is 18.5 Å². The van der Waals surface area contributed by atoms with Crippen LogP contribution in [0.15, 0.2) is 79.4 Å². The van der Waals surface area contributed by atoms with Crippen LogP contribution >= 0.6 is 0 Å². The van der Waals surface area contributed by atoms with Crippen molar-refractivity contribution >= 4 is 17.6 Å². The van der Waals surface area contributed by atoms with Gasteiger partial charge in [0.15, 0.2) is 0 Å². The molecule has 0 aliphatic carbocycles. The number of rotatable bonds is 7. The molecule has 2 saturated heterocycles. The lowest BCUT2D eigenvalue weighted by molar-refractivity contribution is -0.127. The number of piperazine rings is 1. The zero-order valence-corrected chi connectivity index (χ0v) is 18.5. The predicted octanol–water partition coefficient (Wildman–Crippen LogP) is 3.74. The van der Waals surface area contributed by atoms with Gasteiger partial charge in [0.1, 0.15) is 28.6 Å². The van der Waals surface area contributed by atoms with Gasteiger partial charge in [0.05, 0.1) is 12.1 Å². The Bertz CT molecular complexity index is 1230. The zero-order valence-electron chi connectivity index (χ0n) is 18.5. The fourth-order valence-corrected chi connectivity index (χ4v) is 4.50. The van der Waals surface area contributed by atoms with Gasteiger partial charge in [-0.05, 0) is 61.0 Å². The van der Waals surface area contributed by atoms with Gasteiger partial charge in [0, 0.05) is 13.1 Å². The lowest BCUT2D eigenvalue weighted by atomic mass is 10.2. The van der Waals surface area contributed by atoms with E-state index in [9.17, 15) is 9.59 Å². The van der Waals surface area contributed by atoms with Crippen molar-refractivity contribution in [1.29, 1.82) is 0 Å². The Morgan fingerprint density at radius 2 is 1.59 bits per heavy atom. The summed E-state index contributed by atoms with van der Waals surface area (Å²) in [5.41, 5.74) is 5.76. The fourth-order valence-electron chi connectivity index (χ4n) is 4.50. The van der Waals surface area contributed by atoms with Gasteiger partial charge in [-0.25, -0.2) is 0 Å². The highest BCUT2D eigenvalue weighted by Crippen LogP contribution is 2.36. The number of primary amides is 1. The number of fused-ring (bicyclic) bond motifs is 2. The molecule has 3 heterocycles. The maximum absolute atomic E-state index is 12.0. The minimum Gasteiger partial charge on any atom is -0.457 e. The summed E-state index contributed by atoms with van der Waals surface area (Å²) in [6.07, 6.45) is 2.23. The van der Waals surface area contributed by atoms with Crippen molar-refractivity contribution < 1.29 is 19.1 Å². The first-order valence-corrected chi connectivity index (χ1v) is 11.0. The van der Waals surface area contributed by atoms with Gasteiger partial charge < -0.3 is 25.0 Å². The number of aromatic nitrogens is 1. The molecule has 2 fully saturated rings. The highest BCUT2D eigenvalue weighted by atomic mass is 16.5. The quantitative estimate of drug-likeness (QED) is 0.544. The minimum absolute atomic E-state index is 0.0482. The molecule has 2 atom stereocenters. The Labute approximate surface area is 197 Å². The molecule has 8 nitrogen and oxygen atoms in total. The lowest BCUT2D eigenvalue weighted by Gasteiger charge is -2.34. The highest BCUT2D eigenvalue weighted by molar-refractivity contribution is 5.95. The summed E-state index contributed by atoms with van der Waals surface area (Å²) in [7, 11) is 0. The molecule has 2 aromatic carbocycles. The molecule has 2 aliphatic rings. The summed E-state index contributed by atoms with van der Waals surface area (Å²) in [6.45, 7) is 4.87. The first kappa shape index (κ1) is 21.5. The molecule has 2 bridgehead atoms. The van der Waals surface area contributed by atoms with Crippen LogP contribution < -0.4 is 20.1 Å². The first-order chi connectivity index (χ1) is 16.5. The standard InChI is InChI=1S/C26H24N4O4/c1-2-24(31)30-16-17-14-18(30)15-29(17)23-13-12-22(25(27)32)26(28-23)34-21-10-8-20(9-11-21)33-19-6-4-3-5-7-19/h2-13,17-18H,1,14-16H2,(H2,27,32)/t17-,18-/m1/s1. The van der Waals surface area contributed by atoms with Crippen LogP contribution in [0.25, 0.3) is 0 Å². The molecule has 2 amide bonds. The van der Waals surface area contributed by atoms with Gasteiger partial charge in [0.2, 0.25) is 11.8 Å². The van der Waals surface area contributed by atoms with Crippen LogP contribution in [0.3, 0.4) is 0 Å². The Hall–Kier alpha value is -4.33. The molecule has 0 radical (unpaired) electrons. The number of carbonyl (C=O) groups is 2. The third-order valence-corrected chi connectivity index (χ3v) is 6.12. The molecule has 8 heteroatoms. The van der Waals surface area contributed by atoms with E-state index in [-0.39, 0.29) is 29.4 Å². The zero-order chi connectivity index (χ0) is 23.7. The van der Waals surface area contributed by atoms with Crippen molar-refractivity contribution in [3.63, 3.8) is 0 Å². The number of hydrogen-bond acceptors (Lipinski definition) is 6. The van der Waals surface area contributed by atoms with Crippen molar-refractivity contribution in [3.8, 4) is 23.1 Å². The van der Waals surface area contributed by atoms with Gasteiger partial charge in [-0.15, -0.1) is 0 Å². The molecule has 1 aromatic heterocycles. The second kappa shape index (κ2) is 8.90. The van der Waals surface area contributed by atoms with E-state index in [0.29, 0.717) is 30.4 Å². The highest BCUT2D eigenvalue weighted by Gasteiger charge is 2.45. The number of pyridine rings is 1. The average Bonchev–Trinajstić information content (AvgIpc) is 3.47. The largest absolute Gasteiger partial charge is 0.457 e. The summed E-state index contributed by atoms with van der Waals surface area (Å²) in [4.78, 5) is 32.7. The number of ether oxygens (including phenoxy) is 2. The summed E-state index contributed by atoms with van der Waals surface area (Å²) < 4.78 is 11.8. The SMILES string of the molecule is C=CC(=O)N1C[C@H]2C[C@@H]1CN2c1ccc(C(N)=O)c(Oc2ccc(Oc3ccccc3)cc2)n1. The second-order valence-electron chi connectivity index (χ2n) is 8.27. The molecule has 34 heavy (non-hydrogen) atoms. The second-order valence-corrected chi connectivity index (χ2v) is 8.27. The van der Waals surface area contributed by atoms with Crippen LogP contribution in [0.5, 0.6) is 23.1 Å². The van der Waals surface area contributed by atoms with E-state index < -0.39 is 5.91 Å². The van der Waals surface area contributed by atoms with Crippen LogP contribution in [-0.4, -0.2) is 46.9 Å². The maximum atomic E-state index is 12.0. The predicted molar refractivity (Wildman–Crippen MR) is 127 cm³/mol. The van der Waals surface area contributed by atoms with Gasteiger partial charge >= 0.3 is 0 Å². The molecular weight excluding hydrogens is 432 g/mol. The molecule has 0 spiro atoms. The molecule has 172 valence electrons. The summed E-state index contributed by atoms with van der Waals surface area (Å²) in [5, 5.41) is 0. The number of carbonyl (C=O) groups excluding carboxylic acids is 2. The van der Waals surface area contributed by atoms with Crippen molar-refractivity contribution in [1.82, 2.24) is 9.88 Å². The minimum atomic E-state index is -0.622. The molecule has 2 N–H and O–H groups in total. The van der Waals surface area contributed by atoms with E-state index in [0.717, 1.165) is 12.2 Å². The van der Waals surface area contributed by atoms with E-state index in [1.165, 1.54) is 6.08 Å². The maximum Gasteiger partial charge on any atom is 0.254 e. The number of benzene rings is 2. The number of amides is 2. The van der Waals surface area contributed by atoms with Gasteiger partial charge in [-0.3, -0.25) is 9.59 Å². The Morgan fingerprint density at radius 1 is 0.912 bits per heavy atom. The smallest absolute Gasteiger partial charge is 0.254 e. The summed E-state index contributed by atoms with van der Waals surface area (Å²) in [6, 6.07) is 20.2. The van der Waals surface area contributed by atoms with E-state index in [2.05, 4.69) is 16.5 Å².